The summed E-state index contributed by atoms with van der Waals surface area (Å²) < 4.78 is 47.5. The van der Waals surface area contributed by atoms with Crippen molar-refractivity contribution in [3.05, 3.63) is 47.8 Å². The number of aliphatic imine (C=N–C) groups is 1. The Kier molecular flexibility index (Phi) is 7.04. The van der Waals surface area contributed by atoms with E-state index in [0.717, 1.165) is 37.1 Å². The van der Waals surface area contributed by atoms with Crippen LogP contribution >= 0.6 is 0 Å². The predicted octanol–water partition coefficient (Wildman–Crippen LogP) is 5.35. The number of amidine groups is 1. The van der Waals surface area contributed by atoms with Crippen molar-refractivity contribution in [1.82, 2.24) is 9.97 Å². The molecular weight excluding hydrogens is 482 g/mol. The Morgan fingerprint density at radius 1 is 1.30 bits per heavy atom. The number of aromatic nitrogens is 2. The Hall–Kier alpha value is -3.24. The third-order valence-electron chi connectivity index (χ3n) is 7.61. The SMILES string of the molecule is CC1OCCCC1c1c[nH]c2nccc(Oc3c(F)cc(NC4=NCC(CO)(C(C)C)CO4)cc3F)c12. The summed E-state index contributed by atoms with van der Waals surface area (Å²) in [5, 5.41) is 13.3. The quantitative estimate of drug-likeness (QED) is 0.410. The largest absolute Gasteiger partial charge is 0.464 e. The number of fused-ring (bicyclic) bond motifs is 1. The van der Waals surface area contributed by atoms with Gasteiger partial charge in [0.2, 0.25) is 0 Å². The molecule has 1 saturated heterocycles. The van der Waals surface area contributed by atoms with Gasteiger partial charge in [0.15, 0.2) is 17.4 Å². The van der Waals surface area contributed by atoms with Crippen LogP contribution in [0.1, 0.15) is 45.1 Å². The van der Waals surface area contributed by atoms with Crippen molar-refractivity contribution in [2.75, 3.05) is 31.7 Å². The third-order valence-corrected chi connectivity index (χ3v) is 7.61. The van der Waals surface area contributed by atoms with Crippen LogP contribution in [0.15, 0.2) is 35.6 Å². The van der Waals surface area contributed by atoms with Crippen molar-refractivity contribution < 1.29 is 28.1 Å². The third kappa shape index (κ3) is 4.87. The highest BCUT2D eigenvalue weighted by Crippen LogP contribution is 2.41. The van der Waals surface area contributed by atoms with E-state index in [4.69, 9.17) is 14.2 Å². The lowest BCUT2D eigenvalue weighted by molar-refractivity contribution is 0.0119. The molecule has 198 valence electrons. The van der Waals surface area contributed by atoms with Gasteiger partial charge in [-0.15, -0.1) is 0 Å². The molecule has 37 heavy (non-hydrogen) atoms. The number of hydrogen-bond acceptors (Lipinski definition) is 7. The Bertz CT molecular complexity index is 1290. The molecule has 2 aliphatic heterocycles. The molecule has 8 nitrogen and oxygen atoms in total. The summed E-state index contributed by atoms with van der Waals surface area (Å²) in [6.45, 7) is 7.27. The average Bonchev–Trinajstić information content (AvgIpc) is 3.32. The number of aromatic amines is 1. The van der Waals surface area contributed by atoms with Crippen molar-refractivity contribution in [1.29, 1.82) is 0 Å². The van der Waals surface area contributed by atoms with E-state index in [-0.39, 0.29) is 42.9 Å². The average molecular weight is 515 g/mol. The monoisotopic (exact) mass is 514 g/mol. The van der Waals surface area contributed by atoms with Crippen molar-refractivity contribution in [3.8, 4) is 11.5 Å². The van der Waals surface area contributed by atoms with Crippen LogP contribution in [-0.4, -0.2) is 53.6 Å². The molecule has 2 aliphatic rings. The second-order valence-corrected chi connectivity index (χ2v) is 10.2. The summed E-state index contributed by atoms with van der Waals surface area (Å²) in [5.74, 6) is -1.67. The van der Waals surface area contributed by atoms with Crippen LogP contribution in [0.3, 0.4) is 0 Å². The number of rotatable bonds is 6. The maximum atomic E-state index is 15.1. The molecule has 1 aromatic carbocycles. The summed E-state index contributed by atoms with van der Waals surface area (Å²) in [5.41, 5.74) is 1.19. The van der Waals surface area contributed by atoms with E-state index in [1.807, 2.05) is 27.0 Å². The summed E-state index contributed by atoms with van der Waals surface area (Å²) in [6, 6.07) is 4.02. The minimum atomic E-state index is -0.873. The van der Waals surface area contributed by atoms with Gasteiger partial charge in [0.05, 0.1) is 24.6 Å². The molecule has 10 heteroatoms. The molecule has 0 amide bonds. The smallest absolute Gasteiger partial charge is 0.289 e. The zero-order valence-corrected chi connectivity index (χ0v) is 21.2. The van der Waals surface area contributed by atoms with Gasteiger partial charge in [0.1, 0.15) is 18.0 Å². The van der Waals surface area contributed by atoms with Crippen LogP contribution in [0.4, 0.5) is 14.5 Å². The number of hydrogen-bond donors (Lipinski definition) is 3. The zero-order chi connectivity index (χ0) is 26.2. The standard InChI is InChI=1S/C27H32F2N4O4/c1-15(2)27(13-34)12-32-26(36-14-27)33-17-9-20(28)24(21(29)10-17)37-22-6-7-30-25-23(22)19(11-31-25)18-5-4-8-35-16(18)3/h6-7,9-11,15-16,18,34H,4-5,8,12-14H2,1-3H3,(H,30,31)(H,32,33). The van der Waals surface area contributed by atoms with Gasteiger partial charge in [0.25, 0.3) is 6.02 Å². The first-order valence-corrected chi connectivity index (χ1v) is 12.6. The molecule has 5 rings (SSSR count). The molecule has 3 unspecified atom stereocenters. The van der Waals surface area contributed by atoms with E-state index in [1.165, 1.54) is 6.20 Å². The normalized spacial score (nSPS) is 24.1. The lowest BCUT2D eigenvalue weighted by Crippen LogP contribution is -2.44. The molecule has 3 aromatic rings. The van der Waals surface area contributed by atoms with Crippen molar-refractivity contribution in [3.63, 3.8) is 0 Å². The van der Waals surface area contributed by atoms with Crippen molar-refractivity contribution in [2.45, 2.75) is 45.6 Å². The van der Waals surface area contributed by atoms with Crippen molar-refractivity contribution in [2.24, 2.45) is 16.3 Å². The second kappa shape index (κ2) is 10.3. The number of ether oxygens (including phenoxy) is 3. The Morgan fingerprint density at radius 2 is 2.08 bits per heavy atom. The number of halogens is 2. The molecule has 4 heterocycles. The minimum Gasteiger partial charge on any atom is -0.464 e. The van der Waals surface area contributed by atoms with E-state index in [1.54, 1.807) is 6.07 Å². The fourth-order valence-corrected chi connectivity index (χ4v) is 4.96. The molecular formula is C27H32F2N4O4. The summed E-state index contributed by atoms with van der Waals surface area (Å²) in [6.07, 6.45) is 5.28. The molecule has 0 bridgehead atoms. The Labute approximate surface area is 214 Å². The molecule has 2 aromatic heterocycles. The van der Waals surface area contributed by atoms with Gasteiger partial charge in [-0.3, -0.25) is 0 Å². The van der Waals surface area contributed by atoms with Gasteiger partial charge in [-0.2, -0.15) is 0 Å². The van der Waals surface area contributed by atoms with Crippen LogP contribution in [-0.2, 0) is 9.47 Å². The first-order valence-electron chi connectivity index (χ1n) is 12.6. The van der Waals surface area contributed by atoms with E-state index < -0.39 is 22.8 Å². The number of H-pyrrole nitrogens is 1. The van der Waals surface area contributed by atoms with E-state index in [0.29, 0.717) is 23.3 Å². The highest BCUT2D eigenvalue weighted by atomic mass is 19.1. The second-order valence-electron chi connectivity index (χ2n) is 10.2. The van der Waals surface area contributed by atoms with Crippen LogP contribution in [0.5, 0.6) is 11.5 Å². The van der Waals surface area contributed by atoms with Crippen molar-refractivity contribution >= 4 is 22.7 Å². The Balaban J connectivity index is 1.39. The van der Waals surface area contributed by atoms with Gasteiger partial charge < -0.3 is 29.6 Å². The van der Waals surface area contributed by atoms with Gasteiger partial charge in [-0.25, -0.2) is 18.8 Å². The van der Waals surface area contributed by atoms with Gasteiger partial charge in [0, 0.05) is 48.2 Å². The fraction of sp³-hybridized carbons (Fsp3) is 0.481. The Morgan fingerprint density at radius 3 is 2.73 bits per heavy atom. The molecule has 0 saturated carbocycles. The van der Waals surface area contributed by atoms with Gasteiger partial charge in [-0.1, -0.05) is 13.8 Å². The summed E-state index contributed by atoms with van der Waals surface area (Å²) in [4.78, 5) is 11.8. The summed E-state index contributed by atoms with van der Waals surface area (Å²) >= 11 is 0. The molecule has 0 spiro atoms. The van der Waals surface area contributed by atoms with E-state index in [2.05, 4.69) is 20.3 Å². The lowest BCUT2D eigenvalue weighted by atomic mass is 9.78. The number of nitrogens with one attached hydrogen (secondary N) is 2. The number of pyridine rings is 1. The van der Waals surface area contributed by atoms with Crippen LogP contribution in [0.25, 0.3) is 11.0 Å². The number of aliphatic hydroxyl groups is 1. The predicted molar refractivity (Wildman–Crippen MR) is 136 cm³/mol. The van der Waals surface area contributed by atoms with Crippen LogP contribution in [0.2, 0.25) is 0 Å². The first kappa shape index (κ1) is 25.4. The number of anilines is 1. The molecule has 3 atom stereocenters. The summed E-state index contributed by atoms with van der Waals surface area (Å²) in [7, 11) is 0. The first-order chi connectivity index (χ1) is 17.8. The maximum absolute atomic E-state index is 15.1. The number of benzene rings is 1. The molecule has 3 N–H and O–H groups in total. The highest BCUT2D eigenvalue weighted by Gasteiger charge is 2.37. The fourth-order valence-electron chi connectivity index (χ4n) is 4.96. The van der Waals surface area contributed by atoms with Gasteiger partial charge >= 0.3 is 0 Å². The zero-order valence-electron chi connectivity index (χ0n) is 21.2. The van der Waals surface area contributed by atoms with E-state index >= 15 is 8.78 Å². The topological polar surface area (TPSA) is 101 Å². The molecule has 1 fully saturated rings. The number of nitrogens with zero attached hydrogens (tertiary/aromatic N) is 2. The molecule has 0 radical (unpaired) electrons. The minimum absolute atomic E-state index is 0.00707. The number of aliphatic hydroxyl groups excluding tert-OH is 1. The molecule has 0 aliphatic carbocycles. The lowest BCUT2D eigenvalue weighted by Gasteiger charge is -2.37. The van der Waals surface area contributed by atoms with Crippen LogP contribution < -0.4 is 10.1 Å². The van der Waals surface area contributed by atoms with E-state index in [9.17, 15) is 5.11 Å². The maximum Gasteiger partial charge on any atom is 0.289 e. The van der Waals surface area contributed by atoms with Gasteiger partial charge in [-0.05, 0) is 37.3 Å². The highest BCUT2D eigenvalue weighted by molar-refractivity contribution is 5.90. The van der Waals surface area contributed by atoms with Crippen LogP contribution in [0, 0.1) is 23.0 Å².